The third-order valence-electron chi connectivity index (χ3n) is 2.97. The average Bonchev–Trinajstić information content (AvgIpc) is 2.37. The van der Waals surface area contributed by atoms with Crippen molar-refractivity contribution in [2.45, 2.75) is 19.9 Å². The zero-order valence-corrected chi connectivity index (χ0v) is 11.6. The number of aryl methyl sites for hydroxylation is 2. The highest BCUT2D eigenvalue weighted by Crippen LogP contribution is 2.18. The molecule has 2 nitrogen and oxygen atoms in total. The number of hydrogen-bond donors (Lipinski definition) is 1. The summed E-state index contributed by atoms with van der Waals surface area (Å²) in [4.78, 5) is 0. The van der Waals surface area contributed by atoms with Gasteiger partial charge in [-0.1, -0.05) is 36.0 Å². The molecule has 4 heteroatoms. The van der Waals surface area contributed by atoms with Crippen molar-refractivity contribution in [3.63, 3.8) is 0 Å². The number of aromatic hydroxyl groups is 1. The zero-order chi connectivity index (χ0) is 13.1. The van der Waals surface area contributed by atoms with E-state index in [9.17, 15) is 5.11 Å². The lowest BCUT2D eigenvalue weighted by Crippen LogP contribution is -2.05. The third kappa shape index (κ3) is 2.92. The molecule has 1 aromatic carbocycles. The zero-order valence-electron chi connectivity index (χ0n) is 10.1. The summed E-state index contributed by atoms with van der Waals surface area (Å²) in [5.74, 6) is 0.198. The largest absolute Gasteiger partial charge is 0.505 e. The van der Waals surface area contributed by atoms with Crippen molar-refractivity contribution in [2.75, 3.05) is 0 Å². The number of hydrogen-bond acceptors (Lipinski definition) is 2. The van der Waals surface area contributed by atoms with E-state index in [4.69, 9.17) is 23.8 Å². The number of halogens is 1. The topological polar surface area (TPSA) is 25.2 Å². The molecule has 2 aromatic rings. The summed E-state index contributed by atoms with van der Waals surface area (Å²) in [5, 5.41) is 10.5. The first-order chi connectivity index (χ1) is 8.58. The lowest BCUT2D eigenvalue weighted by molar-refractivity contribution is 0.456. The fourth-order valence-electron chi connectivity index (χ4n) is 1.81. The third-order valence-corrected chi connectivity index (χ3v) is 3.55. The normalized spacial score (nSPS) is 10.6. The van der Waals surface area contributed by atoms with E-state index in [2.05, 4.69) is 0 Å². The first-order valence-corrected chi connectivity index (χ1v) is 6.50. The minimum absolute atomic E-state index is 0.198. The molecule has 1 heterocycles. The molecular weight excluding hydrogens is 266 g/mol. The van der Waals surface area contributed by atoms with Crippen LogP contribution in [0.4, 0.5) is 0 Å². The summed E-state index contributed by atoms with van der Waals surface area (Å²) in [6.45, 7) is 2.67. The number of pyridine rings is 1. The molecular formula is C14H14ClNOS. The van der Waals surface area contributed by atoms with Crippen LogP contribution in [0.15, 0.2) is 36.5 Å². The van der Waals surface area contributed by atoms with Gasteiger partial charge in [-0.25, -0.2) is 0 Å². The number of rotatable bonds is 3. The van der Waals surface area contributed by atoms with Gasteiger partial charge in [-0.05, 0) is 37.1 Å². The molecule has 0 spiro atoms. The second kappa shape index (κ2) is 5.55. The van der Waals surface area contributed by atoms with E-state index in [1.54, 1.807) is 6.07 Å². The highest BCUT2D eigenvalue weighted by molar-refractivity contribution is 7.71. The van der Waals surface area contributed by atoms with Gasteiger partial charge in [-0.15, -0.1) is 0 Å². The van der Waals surface area contributed by atoms with Crippen LogP contribution in [-0.2, 0) is 13.0 Å². The second-order valence-electron chi connectivity index (χ2n) is 4.18. The monoisotopic (exact) mass is 279 g/mol. The molecule has 0 bridgehead atoms. The minimum Gasteiger partial charge on any atom is -0.505 e. The number of benzene rings is 1. The van der Waals surface area contributed by atoms with Crippen molar-refractivity contribution < 1.29 is 5.11 Å². The van der Waals surface area contributed by atoms with Crippen molar-refractivity contribution in [2.24, 2.45) is 0 Å². The molecule has 0 aliphatic heterocycles. The van der Waals surface area contributed by atoms with Crippen LogP contribution >= 0.6 is 23.8 Å². The Bertz CT molecular complexity index is 604. The summed E-state index contributed by atoms with van der Waals surface area (Å²) in [6.07, 6.45) is 2.80. The van der Waals surface area contributed by atoms with Crippen molar-refractivity contribution >= 4 is 23.8 Å². The Labute approximate surface area is 116 Å². The van der Waals surface area contributed by atoms with Gasteiger partial charge in [0.25, 0.3) is 0 Å². The van der Waals surface area contributed by atoms with Crippen molar-refractivity contribution in [3.8, 4) is 5.75 Å². The van der Waals surface area contributed by atoms with Gasteiger partial charge in [-0.2, -0.15) is 0 Å². The number of aromatic nitrogens is 1. The maximum absolute atomic E-state index is 9.78. The molecule has 0 atom stereocenters. The first kappa shape index (κ1) is 13.1. The van der Waals surface area contributed by atoms with Gasteiger partial charge in [-0.3, -0.25) is 0 Å². The van der Waals surface area contributed by atoms with Gasteiger partial charge in [0.1, 0.15) is 0 Å². The Balaban J connectivity index is 2.13. The molecule has 0 amide bonds. The predicted octanol–water partition coefficient (Wildman–Crippen LogP) is 4.13. The average molecular weight is 280 g/mol. The highest BCUT2D eigenvalue weighted by atomic mass is 35.5. The van der Waals surface area contributed by atoms with Gasteiger partial charge in [0.2, 0.25) is 0 Å². The van der Waals surface area contributed by atoms with Crippen LogP contribution in [0.3, 0.4) is 0 Å². The van der Waals surface area contributed by atoms with Gasteiger partial charge in [0.05, 0.1) is 10.2 Å². The molecule has 1 aromatic heterocycles. The van der Waals surface area contributed by atoms with Crippen LogP contribution < -0.4 is 0 Å². The van der Waals surface area contributed by atoms with Crippen LogP contribution in [0.1, 0.15) is 11.3 Å². The van der Waals surface area contributed by atoms with Crippen LogP contribution in [0, 0.1) is 11.4 Å². The van der Waals surface area contributed by atoms with E-state index >= 15 is 0 Å². The lowest BCUT2D eigenvalue weighted by Gasteiger charge is -2.12. The summed E-state index contributed by atoms with van der Waals surface area (Å²) >= 11 is 10.9. The Hall–Kier alpha value is -1.32. The summed E-state index contributed by atoms with van der Waals surface area (Å²) < 4.78 is 2.50. The SMILES string of the molecule is Cc1c(O)c(=S)ccn1CCc1ccc(Cl)cc1. The fraction of sp³-hybridized carbons (Fsp3) is 0.214. The maximum atomic E-state index is 9.78. The molecule has 0 unspecified atom stereocenters. The standard InChI is InChI=1S/C14H14ClNOS/c1-10-14(17)13(18)7-9-16(10)8-6-11-2-4-12(15)5-3-11/h2-5,7,9,17H,6,8H2,1H3. The lowest BCUT2D eigenvalue weighted by atomic mass is 10.1. The molecule has 2 rings (SSSR count). The second-order valence-corrected chi connectivity index (χ2v) is 5.06. The molecule has 0 saturated carbocycles. The Kier molecular flexibility index (Phi) is 4.04. The molecule has 0 saturated heterocycles. The molecule has 0 aliphatic rings. The Morgan fingerprint density at radius 2 is 1.89 bits per heavy atom. The molecule has 1 N–H and O–H groups in total. The van der Waals surface area contributed by atoms with Crippen molar-refractivity contribution in [3.05, 3.63) is 57.3 Å². The van der Waals surface area contributed by atoms with Crippen molar-refractivity contribution in [1.29, 1.82) is 0 Å². The van der Waals surface area contributed by atoms with E-state index in [1.807, 2.05) is 42.0 Å². The molecule has 0 radical (unpaired) electrons. The van der Waals surface area contributed by atoms with E-state index in [1.165, 1.54) is 5.56 Å². The summed E-state index contributed by atoms with van der Waals surface area (Å²) in [5.41, 5.74) is 2.02. The minimum atomic E-state index is 0.198. The quantitative estimate of drug-likeness (QED) is 0.855. The Morgan fingerprint density at radius 3 is 2.56 bits per heavy atom. The predicted molar refractivity (Wildman–Crippen MR) is 76.8 cm³/mol. The van der Waals surface area contributed by atoms with Gasteiger partial charge in [0.15, 0.2) is 5.75 Å². The molecule has 0 aliphatic carbocycles. The van der Waals surface area contributed by atoms with Crippen molar-refractivity contribution in [1.82, 2.24) is 4.57 Å². The molecule has 0 fully saturated rings. The van der Waals surface area contributed by atoms with E-state index in [0.717, 1.165) is 23.7 Å². The fourth-order valence-corrected chi connectivity index (χ4v) is 2.14. The van der Waals surface area contributed by atoms with Gasteiger partial charge in [0, 0.05) is 17.8 Å². The van der Waals surface area contributed by atoms with E-state index in [-0.39, 0.29) is 5.75 Å². The first-order valence-electron chi connectivity index (χ1n) is 5.71. The van der Waals surface area contributed by atoms with Gasteiger partial charge < -0.3 is 9.67 Å². The van der Waals surface area contributed by atoms with E-state index in [0.29, 0.717) is 4.51 Å². The Morgan fingerprint density at radius 1 is 1.22 bits per heavy atom. The highest BCUT2D eigenvalue weighted by Gasteiger charge is 2.03. The van der Waals surface area contributed by atoms with Crippen LogP contribution in [0.2, 0.25) is 5.02 Å². The van der Waals surface area contributed by atoms with Gasteiger partial charge >= 0.3 is 0 Å². The van der Waals surface area contributed by atoms with E-state index < -0.39 is 0 Å². The maximum Gasteiger partial charge on any atom is 0.152 e. The van der Waals surface area contributed by atoms with Crippen LogP contribution in [0.25, 0.3) is 0 Å². The van der Waals surface area contributed by atoms with Crippen LogP contribution in [0.5, 0.6) is 5.75 Å². The van der Waals surface area contributed by atoms with Crippen LogP contribution in [-0.4, -0.2) is 9.67 Å². The summed E-state index contributed by atoms with van der Waals surface area (Å²) in [6, 6.07) is 9.55. The number of nitrogens with zero attached hydrogens (tertiary/aromatic N) is 1. The summed E-state index contributed by atoms with van der Waals surface area (Å²) in [7, 11) is 0. The molecule has 18 heavy (non-hydrogen) atoms. The molecule has 94 valence electrons. The smallest absolute Gasteiger partial charge is 0.152 e.